The highest BCUT2D eigenvalue weighted by Crippen LogP contribution is 1.81. The summed E-state index contributed by atoms with van der Waals surface area (Å²) < 4.78 is 17.2. The summed E-state index contributed by atoms with van der Waals surface area (Å²) in [6, 6.07) is 0. The van der Waals surface area contributed by atoms with E-state index in [1.165, 1.54) is 12.3 Å². The van der Waals surface area contributed by atoms with Crippen LogP contribution in [0.4, 0.5) is 0 Å². The predicted molar refractivity (Wildman–Crippen MR) is 31.9 cm³/mol. The highest BCUT2D eigenvalue weighted by atomic mass is 32.2. The maximum absolute atomic E-state index is 10.4. The molecule has 42 valence electrons. The highest BCUT2D eigenvalue weighted by molar-refractivity contribution is 7.91. The second-order valence-electron chi connectivity index (χ2n) is 1.46. The number of rotatable bonds is 2. The summed E-state index contributed by atoms with van der Waals surface area (Å²) in [5, 5.41) is 0. The van der Waals surface area contributed by atoms with Gasteiger partial charge in [-0.05, 0) is 0 Å². The molecule has 0 fully saturated rings. The minimum absolute atomic E-state index is 0.299. The molecule has 0 aromatic carbocycles. The van der Waals surface area contributed by atoms with Crippen molar-refractivity contribution in [1.29, 1.82) is 4.78 Å². The third kappa shape index (κ3) is 5.69. The minimum atomic E-state index is -2.29. The molecular formula is C4H9NOS. The normalized spacial score (nSPS) is 17.9. The van der Waals surface area contributed by atoms with Crippen LogP contribution in [-0.2, 0) is 9.73 Å². The zero-order valence-electron chi connectivity index (χ0n) is 4.31. The first kappa shape index (κ1) is 6.69. The molecule has 0 aliphatic heterocycles. The first-order valence-electron chi connectivity index (χ1n) is 1.88. The lowest BCUT2D eigenvalue weighted by molar-refractivity contribution is 0.681. The fourth-order valence-electron chi connectivity index (χ4n) is 0.225. The molecule has 1 atom stereocenters. The van der Waals surface area contributed by atoms with Crippen molar-refractivity contribution in [3.8, 4) is 0 Å². The van der Waals surface area contributed by atoms with Crippen LogP contribution in [0.3, 0.4) is 0 Å². The van der Waals surface area contributed by atoms with E-state index in [-0.39, 0.29) is 0 Å². The number of nitrogens with one attached hydrogen (secondary N) is 1. The van der Waals surface area contributed by atoms with Gasteiger partial charge < -0.3 is 0 Å². The molecule has 0 aliphatic rings. The van der Waals surface area contributed by atoms with Crippen LogP contribution >= 0.6 is 0 Å². The van der Waals surface area contributed by atoms with Crippen molar-refractivity contribution in [3.05, 3.63) is 12.7 Å². The van der Waals surface area contributed by atoms with Crippen LogP contribution in [0.15, 0.2) is 12.7 Å². The minimum Gasteiger partial charge on any atom is -0.253 e. The van der Waals surface area contributed by atoms with Gasteiger partial charge in [0.1, 0.15) is 0 Å². The maximum Gasteiger partial charge on any atom is 0.0490 e. The summed E-state index contributed by atoms with van der Waals surface area (Å²) in [4.78, 5) is 0. The van der Waals surface area contributed by atoms with Gasteiger partial charge in [-0.2, -0.15) is 0 Å². The van der Waals surface area contributed by atoms with Gasteiger partial charge in [0.25, 0.3) is 0 Å². The second-order valence-corrected chi connectivity index (χ2v) is 3.80. The van der Waals surface area contributed by atoms with Gasteiger partial charge in [0.2, 0.25) is 0 Å². The number of hydrogen-bond acceptors (Lipinski definition) is 2. The molecule has 0 amide bonds. The Morgan fingerprint density at radius 1 is 2.00 bits per heavy atom. The quantitative estimate of drug-likeness (QED) is 0.538. The van der Waals surface area contributed by atoms with E-state index >= 15 is 0 Å². The Morgan fingerprint density at radius 2 is 2.43 bits per heavy atom. The summed E-state index contributed by atoms with van der Waals surface area (Å²) in [5.74, 6) is 0.299. The molecule has 0 heterocycles. The molecule has 3 heteroatoms. The molecule has 1 N–H and O–H groups in total. The van der Waals surface area contributed by atoms with Gasteiger partial charge in [0, 0.05) is 21.7 Å². The van der Waals surface area contributed by atoms with Crippen LogP contribution in [-0.4, -0.2) is 16.2 Å². The van der Waals surface area contributed by atoms with Crippen LogP contribution in [0, 0.1) is 4.78 Å². The molecule has 0 aliphatic carbocycles. The van der Waals surface area contributed by atoms with Crippen LogP contribution in [0.5, 0.6) is 0 Å². The van der Waals surface area contributed by atoms with Crippen LogP contribution in [0.1, 0.15) is 0 Å². The maximum atomic E-state index is 10.4. The van der Waals surface area contributed by atoms with Crippen LogP contribution in [0.25, 0.3) is 0 Å². The molecule has 1 unspecified atom stereocenters. The monoisotopic (exact) mass is 119 g/mol. The van der Waals surface area contributed by atoms with Crippen molar-refractivity contribution in [2.24, 2.45) is 0 Å². The summed E-state index contributed by atoms with van der Waals surface area (Å²) in [5.41, 5.74) is 0. The predicted octanol–water partition coefficient (Wildman–Crippen LogP) is 0.849. The van der Waals surface area contributed by atoms with E-state index in [9.17, 15) is 4.21 Å². The Bertz CT molecular complexity index is 145. The molecule has 0 bridgehead atoms. The molecule has 0 aromatic heterocycles. The van der Waals surface area contributed by atoms with E-state index in [1.807, 2.05) is 0 Å². The van der Waals surface area contributed by atoms with Crippen LogP contribution < -0.4 is 0 Å². The van der Waals surface area contributed by atoms with Crippen molar-refractivity contribution in [3.63, 3.8) is 0 Å². The fourth-order valence-corrected chi connectivity index (χ4v) is 0.675. The molecular weight excluding hydrogens is 110 g/mol. The van der Waals surface area contributed by atoms with E-state index in [1.54, 1.807) is 0 Å². The molecule has 0 saturated heterocycles. The van der Waals surface area contributed by atoms with Gasteiger partial charge in [0.05, 0.1) is 0 Å². The van der Waals surface area contributed by atoms with E-state index in [2.05, 4.69) is 6.58 Å². The molecule has 0 rings (SSSR count). The van der Waals surface area contributed by atoms with Crippen molar-refractivity contribution in [2.75, 3.05) is 12.0 Å². The van der Waals surface area contributed by atoms with Crippen molar-refractivity contribution < 1.29 is 4.21 Å². The van der Waals surface area contributed by atoms with Gasteiger partial charge in [-0.1, -0.05) is 6.08 Å². The van der Waals surface area contributed by atoms with E-state index in [0.717, 1.165) is 0 Å². The van der Waals surface area contributed by atoms with Gasteiger partial charge in [-0.3, -0.25) is 4.78 Å². The lowest BCUT2D eigenvalue weighted by Gasteiger charge is -1.88. The molecule has 2 nitrogen and oxygen atoms in total. The van der Waals surface area contributed by atoms with Crippen LogP contribution in [0.2, 0.25) is 0 Å². The summed E-state index contributed by atoms with van der Waals surface area (Å²) in [7, 11) is -2.29. The van der Waals surface area contributed by atoms with Gasteiger partial charge >= 0.3 is 0 Å². The standard InChI is InChI=1S/C4H9NOS/c1-3-4-7(2,5)6/h3,5H,1,4H2,2H3. The molecule has 0 radical (unpaired) electrons. The SMILES string of the molecule is C=CCS(C)(=N)=O. The second kappa shape index (κ2) is 2.12. The Balaban J connectivity index is 3.84. The van der Waals surface area contributed by atoms with Gasteiger partial charge in [-0.15, -0.1) is 6.58 Å². The van der Waals surface area contributed by atoms with Gasteiger partial charge in [-0.25, -0.2) is 4.21 Å². The van der Waals surface area contributed by atoms with Gasteiger partial charge in [0.15, 0.2) is 0 Å². The van der Waals surface area contributed by atoms with Crippen molar-refractivity contribution >= 4 is 9.73 Å². The molecule has 0 aromatic rings. The first-order valence-corrected chi connectivity index (χ1v) is 4.02. The third-order valence-corrected chi connectivity index (χ3v) is 1.31. The van der Waals surface area contributed by atoms with E-state index in [4.69, 9.17) is 4.78 Å². The van der Waals surface area contributed by atoms with E-state index in [0.29, 0.717) is 5.75 Å². The zero-order valence-corrected chi connectivity index (χ0v) is 5.12. The Kier molecular flexibility index (Phi) is 2.02. The zero-order chi connectivity index (χ0) is 5.91. The van der Waals surface area contributed by atoms with E-state index < -0.39 is 9.73 Å². The van der Waals surface area contributed by atoms with Crippen molar-refractivity contribution in [2.45, 2.75) is 0 Å². The first-order chi connectivity index (χ1) is 3.06. The number of hydrogen-bond donors (Lipinski definition) is 1. The summed E-state index contributed by atoms with van der Waals surface area (Å²) >= 11 is 0. The molecule has 7 heavy (non-hydrogen) atoms. The summed E-state index contributed by atoms with van der Waals surface area (Å²) in [6.07, 6.45) is 2.89. The largest absolute Gasteiger partial charge is 0.253 e. The lowest BCUT2D eigenvalue weighted by atomic mass is 10.8. The Hall–Kier alpha value is -0.310. The highest BCUT2D eigenvalue weighted by Gasteiger charge is 1.87. The fraction of sp³-hybridized carbons (Fsp3) is 0.500. The smallest absolute Gasteiger partial charge is 0.0490 e. The third-order valence-electron chi connectivity index (χ3n) is 0.436. The Labute approximate surface area is 44.2 Å². The van der Waals surface area contributed by atoms with Crippen molar-refractivity contribution in [1.82, 2.24) is 0 Å². The lowest BCUT2D eigenvalue weighted by Crippen LogP contribution is -1.95. The average molecular weight is 119 g/mol. The average Bonchev–Trinajstić information content (AvgIpc) is 1.30. The molecule has 0 spiro atoms. The Morgan fingerprint density at radius 3 is 2.43 bits per heavy atom. The summed E-state index contributed by atoms with van der Waals surface area (Å²) in [6.45, 7) is 3.35. The topological polar surface area (TPSA) is 40.9 Å². The molecule has 0 saturated carbocycles.